The van der Waals surface area contributed by atoms with E-state index in [1.807, 2.05) is 24.3 Å². The van der Waals surface area contributed by atoms with Crippen LogP contribution in [0.15, 0.2) is 24.3 Å². The Morgan fingerprint density at radius 3 is 2.65 bits per heavy atom. The number of benzene rings is 1. The highest BCUT2D eigenvalue weighted by molar-refractivity contribution is 5.90. The number of nitrogens with two attached hydrogens (primary N) is 1. The highest BCUT2D eigenvalue weighted by Crippen LogP contribution is 2.29. The van der Waals surface area contributed by atoms with E-state index >= 15 is 0 Å². The minimum Gasteiger partial charge on any atom is -0.493 e. The number of anilines is 1. The highest BCUT2D eigenvalue weighted by atomic mass is 16.5. The predicted molar refractivity (Wildman–Crippen MR) is 67.0 cm³/mol. The summed E-state index contributed by atoms with van der Waals surface area (Å²) in [4.78, 5) is 11.3. The molecule has 3 N–H and O–H groups in total. The molecular weight excluding hydrogens is 216 g/mol. The van der Waals surface area contributed by atoms with E-state index in [1.54, 1.807) is 0 Å². The van der Waals surface area contributed by atoms with Gasteiger partial charge in [0.05, 0.1) is 6.61 Å². The molecule has 1 fully saturated rings. The number of carbonyl (C=O) groups excluding carboxylic acids is 1. The van der Waals surface area contributed by atoms with Crippen molar-refractivity contribution in [2.75, 3.05) is 18.5 Å². The third kappa shape index (κ3) is 4.07. The van der Waals surface area contributed by atoms with Gasteiger partial charge in [0.15, 0.2) is 0 Å². The van der Waals surface area contributed by atoms with Crippen LogP contribution in [0.2, 0.25) is 0 Å². The summed E-state index contributed by atoms with van der Waals surface area (Å²) in [6.45, 7) is 1.17. The fraction of sp³-hybridized carbons (Fsp3) is 0.462. The second-order valence-electron chi connectivity index (χ2n) is 4.37. The first-order chi connectivity index (χ1) is 8.28. The SMILES string of the molecule is NCCC(=O)Nc1ccc(OCC2CC2)cc1. The second kappa shape index (κ2) is 5.68. The van der Waals surface area contributed by atoms with Crippen LogP contribution in [0.4, 0.5) is 5.69 Å². The van der Waals surface area contributed by atoms with Crippen molar-refractivity contribution in [2.45, 2.75) is 19.3 Å². The van der Waals surface area contributed by atoms with E-state index in [9.17, 15) is 4.79 Å². The summed E-state index contributed by atoms with van der Waals surface area (Å²) in [5.41, 5.74) is 6.08. The summed E-state index contributed by atoms with van der Waals surface area (Å²) < 4.78 is 5.60. The molecule has 0 atom stereocenters. The Bertz CT molecular complexity index is 372. The lowest BCUT2D eigenvalue weighted by Gasteiger charge is -2.07. The summed E-state index contributed by atoms with van der Waals surface area (Å²) in [5.74, 6) is 1.55. The molecule has 1 amide bonds. The smallest absolute Gasteiger partial charge is 0.225 e. The fourth-order valence-electron chi connectivity index (χ4n) is 1.49. The Morgan fingerprint density at radius 2 is 2.06 bits per heavy atom. The molecule has 0 aliphatic heterocycles. The maximum absolute atomic E-state index is 11.3. The summed E-state index contributed by atoms with van der Waals surface area (Å²) in [6.07, 6.45) is 2.92. The molecule has 1 saturated carbocycles. The van der Waals surface area contributed by atoms with E-state index in [0.717, 1.165) is 24.0 Å². The molecule has 0 spiro atoms. The minimum atomic E-state index is -0.0563. The molecule has 92 valence electrons. The van der Waals surface area contributed by atoms with Gasteiger partial charge in [-0.25, -0.2) is 0 Å². The molecule has 1 aromatic carbocycles. The Kier molecular flexibility index (Phi) is 3.98. The number of ether oxygens (including phenoxy) is 1. The molecule has 17 heavy (non-hydrogen) atoms. The predicted octanol–water partition coefficient (Wildman–Crippen LogP) is 1.76. The number of hydrogen-bond acceptors (Lipinski definition) is 3. The molecule has 1 aliphatic carbocycles. The standard InChI is InChI=1S/C13H18N2O2/c14-8-7-13(16)15-11-3-5-12(6-4-11)17-9-10-1-2-10/h3-6,10H,1-2,7-9,14H2,(H,15,16). The molecule has 0 radical (unpaired) electrons. The van der Waals surface area contributed by atoms with Crippen molar-refractivity contribution >= 4 is 11.6 Å². The van der Waals surface area contributed by atoms with Gasteiger partial charge in [-0.05, 0) is 43.0 Å². The van der Waals surface area contributed by atoms with Crippen LogP contribution in [0.25, 0.3) is 0 Å². The first-order valence-corrected chi connectivity index (χ1v) is 6.00. The first-order valence-electron chi connectivity index (χ1n) is 6.00. The van der Waals surface area contributed by atoms with Gasteiger partial charge in [-0.15, -0.1) is 0 Å². The van der Waals surface area contributed by atoms with E-state index in [4.69, 9.17) is 10.5 Å². The van der Waals surface area contributed by atoms with E-state index in [0.29, 0.717) is 13.0 Å². The zero-order chi connectivity index (χ0) is 12.1. The second-order valence-corrected chi connectivity index (χ2v) is 4.37. The van der Waals surface area contributed by atoms with Crippen molar-refractivity contribution < 1.29 is 9.53 Å². The van der Waals surface area contributed by atoms with Gasteiger partial charge in [0.1, 0.15) is 5.75 Å². The average molecular weight is 234 g/mol. The van der Waals surface area contributed by atoms with E-state index in [2.05, 4.69) is 5.32 Å². The average Bonchev–Trinajstić information content (AvgIpc) is 3.12. The highest BCUT2D eigenvalue weighted by Gasteiger charge is 2.21. The molecule has 2 rings (SSSR count). The molecule has 0 heterocycles. The maximum Gasteiger partial charge on any atom is 0.225 e. The van der Waals surface area contributed by atoms with Crippen molar-refractivity contribution in [3.8, 4) is 5.75 Å². The molecule has 1 aromatic rings. The lowest BCUT2D eigenvalue weighted by Crippen LogP contribution is -2.16. The van der Waals surface area contributed by atoms with Gasteiger partial charge in [0.25, 0.3) is 0 Å². The first kappa shape index (κ1) is 11.9. The van der Waals surface area contributed by atoms with E-state index < -0.39 is 0 Å². The quantitative estimate of drug-likeness (QED) is 0.788. The lowest BCUT2D eigenvalue weighted by molar-refractivity contribution is -0.116. The number of carbonyl (C=O) groups is 1. The summed E-state index contributed by atoms with van der Waals surface area (Å²) >= 11 is 0. The number of hydrogen-bond donors (Lipinski definition) is 2. The van der Waals surface area contributed by atoms with Crippen molar-refractivity contribution in [1.82, 2.24) is 0 Å². The van der Waals surface area contributed by atoms with Crippen molar-refractivity contribution in [3.63, 3.8) is 0 Å². The van der Waals surface area contributed by atoms with Crippen LogP contribution in [0.3, 0.4) is 0 Å². The van der Waals surface area contributed by atoms with Crippen LogP contribution in [0, 0.1) is 5.92 Å². The van der Waals surface area contributed by atoms with Crippen molar-refractivity contribution in [2.24, 2.45) is 11.7 Å². The molecule has 0 unspecified atom stereocenters. The van der Waals surface area contributed by atoms with Crippen LogP contribution in [-0.4, -0.2) is 19.1 Å². The number of amides is 1. The summed E-state index contributed by atoms with van der Waals surface area (Å²) in [7, 11) is 0. The number of nitrogens with one attached hydrogen (secondary N) is 1. The Labute approximate surface area is 101 Å². The monoisotopic (exact) mass is 234 g/mol. The van der Waals surface area contributed by atoms with E-state index in [1.165, 1.54) is 12.8 Å². The third-order valence-corrected chi connectivity index (χ3v) is 2.69. The van der Waals surface area contributed by atoms with Gasteiger partial charge in [-0.1, -0.05) is 0 Å². The van der Waals surface area contributed by atoms with E-state index in [-0.39, 0.29) is 5.91 Å². The van der Waals surface area contributed by atoms with Crippen molar-refractivity contribution in [3.05, 3.63) is 24.3 Å². The lowest BCUT2D eigenvalue weighted by atomic mass is 10.3. The molecule has 0 aromatic heterocycles. The summed E-state index contributed by atoms with van der Waals surface area (Å²) in [6, 6.07) is 7.44. The maximum atomic E-state index is 11.3. The fourth-order valence-corrected chi connectivity index (χ4v) is 1.49. The molecular formula is C13H18N2O2. The van der Waals surface area contributed by atoms with Crippen LogP contribution in [-0.2, 0) is 4.79 Å². The van der Waals surface area contributed by atoms with Gasteiger partial charge in [-0.3, -0.25) is 4.79 Å². The van der Waals surface area contributed by atoms with Gasteiger partial charge in [0, 0.05) is 18.7 Å². The molecule has 4 nitrogen and oxygen atoms in total. The summed E-state index contributed by atoms with van der Waals surface area (Å²) in [5, 5.41) is 2.77. The molecule has 0 saturated heterocycles. The van der Waals surface area contributed by atoms with Gasteiger partial charge >= 0.3 is 0 Å². The third-order valence-electron chi connectivity index (χ3n) is 2.69. The molecule has 0 bridgehead atoms. The largest absolute Gasteiger partial charge is 0.493 e. The van der Waals surface area contributed by atoms with Gasteiger partial charge < -0.3 is 15.8 Å². The number of rotatable bonds is 6. The van der Waals surface area contributed by atoms with Crippen LogP contribution in [0.1, 0.15) is 19.3 Å². The van der Waals surface area contributed by atoms with Gasteiger partial charge in [0.2, 0.25) is 5.91 Å². The Balaban J connectivity index is 1.81. The van der Waals surface area contributed by atoms with Crippen molar-refractivity contribution in [1.29, 1.82) is 0 Å². The zero-order valence-corrected chi connectivity index (χ0v) is 9.82. The topological polar surface area (TPSA) is 64.4 Å². The normalized spacial score (nSPS) is 14.4. The Morgan fingerprint density at radius 1 is 1.35 bits per heavy atom. The Hall–Kier alpha value is -1.55. The van der Waals surface area contributed by atoms with Crippen LogP contribution >= 0.6 is 0 Å². The zero-order valence-electron chi connectivity index (χ0n) is 9.82. The molecule has 4 heteroatoms. The van der Waals surface area contributed by atoms with Gasteiger partial charge in [-0.2, -0.15) is 0 Å². The van der Waals surface area contributed by atoms with Crippen LogP contribution in [0.5, 0.6) is 5.75 Å². The minimum absolute atomic E-state index is 0.0563. The van der Waals surface area contributed by atoms with Crippen LogP contribution < -0.4 is 15.8 Å². The molecule has 1 aliphatic rings.